The molecule has 0 bridgehead atoms. The molecule has 1 aromatic carbocycles. The van der Waals surface area contributed by atoms with Gasteiger partial charge in [-0.05, 0) is 37.1 Å². The van der Waals surface area contributed by atoms with E-state index in [1.165, 1.54) is 12.3 Å². The topological polar surface area (TPSA) is 98.2 Å². The summed E-state index contributed by atoms with van der Waals surface area (Å²) in [5, 5.41) is 3.51. The maximum atomic E-state index is 12.1. The molecule has 0 atom stereocenters. The highest BCUT2D eigenvalue weighted by Crippen LogP contribution is 2.21. The molecule has 0 aliphatic carbocycles. The zero-order chi connectivity index (χ0) is 14.0. The molecule has 2 aromatic rings. The van der Waals surface area contributed by atoms with E-state index in [2.05, 4.69) is 9.88 Å². The summed E-state index contributed by atoms with van der Waals surface area (Å²) in [6.45, 7) is 3.72. The van der Waals surface area contributed by atoms with Crippen molar-refractivity contribution < 1.29 is 12.9 Å². The Bertz CT molecular complexity index is 655. The molecule has 3 N–H and O–H groups in total. The lowest BCUT2D eigenvalue weighted by atomic mass is 10.1. The number of anilines is 1. The molecule has 0 fully saturated rings. The van der Waals surface area contributed by atoms with E-state index < -0.39 is 10.0 Å². The molecule has 1 aromatic heterocycles. The zero-order valence-corrected chi connectivity index (χ0v) is 11.5. The van der Waals surface area contributed by atoms with Crippen molar-refractivity contribution in [2.24, 2.45) is 0 Å². The van der Waals surface area contributed by atoms with Crippen molar-refractivity contribution in [1.82, 2.24) is 9.88 Å². The summed E-state index contributed by atoms with van der Waals surface area (Å²) in [6.07, 6.45) is 1.46. The number of nitrogens with zero attached hydrogens (tertiary/aromatic N) is 1. The van der Waals surface area contributed by atoms with Crippen LogP contribution in [-0.4, -0.2) is 13.6 Å². The number of nitrogen functional groups attached to an aromatic ring is 1. The Morgan fingerprint density at radius 3 is 2.68 bits per heavy atom. The van der Waals surface area contributed by atoms with Gasteiger partial charge in [0.15, 0.2) is 5.76 Å². The summed E-state index contributed by atoms with van der Waals surface area (Å²) < 4.78 is 31.5. The fourth-order valence-electron chi connectivity index (χ4n) is 1.59. The molecule has 2 rings (SSSR count). The predicted octanol–water partition coefficient (Wildman–Crippen LogP) is 1.35. The Labute approximate surface area is 111 Å². The first kappa shape index (κ1) is 13.6. The first-order chi connectivity index (χ1) is 8.90. The number of aryl methyl sites for hydroxylation is 1. The number of rotatable bonds is 4. The summed E-state index contributed by atoms with van der Waals surface area (Å²) >= 11 is 0. The minimum atomic E-state index is -3.62. The Kier molecular flexibility index (Phi) is 3.59. The van der Waals surface area contributed by atoms with E-state index in [4.69, 9.17) is 10.3 Å². The number of sulfonamides is 1. The summed E-state index contributed by atoms with van der Waals surface area (Å²) in [4.78, 5) is 0.146. The summed E-state index contributed by atoms with van der Waals surface area (Å²) in [5.41, 5.74) is 7.96. The number of hydrogen-bond acceptors (Lipinski definition) is 5. The Balaban J connectivity index is 2.24. The van der Waals surface area contributed by atoms with E-state index in [-0.39, 0.29) is 11.4 Å². The first-order valence-corrected chi connectivity index (χ1v) is 7.14. The molecule has 6 nitrogen and oxygen atoms in total. The molecule has 0 spiro atoms. The second kappa shape index (κ2) is 5.02. The number of nitrogens with two attached hydrogens (primary N) is 1. The van der Waals surface area contributed by atoms with Crippen LogP contribution in [0.1, 0.15) is 16.9 Å². The first-order valence-electron chi connectivity index (χ1n) is 5.66. The second-order valence-electron chi connectivity index (χ2n) is 4.26. The number of hydrogen-bond donors (Lipinski definition) is 2. The average Bonchev–Trinajstić information content (AvgIpc) is 2.86. The third-order valence-electron chi connectivity index (χ3n) is 2.92. The van der Waals surface area contributed by atoms with Gasteiger partial charge in [-0.15, -0.1) is 0 Å². The van der Waals surface area contributed by atoms with Gasteiger partial charge in [0.05, 0.1) is 17.6 Å². The molecule has 0 saturated carbocycles. The van der Waals surface area contributed by atoms with Crippen molar-refractivity contribution in [2.45, 2.75) is 25.3 Å². The molecule has 1 heterocycles. The Morgan fingerprint density at radius 1 is 1.37 bits per heavy atom. The third kappa shape index (κ3) is 2.94. The highest BCUT2D eigenvalue weighted by atomic mass is 32.2. The SMILES string of the molecule is Cc1cc(S(=O)(=O)NCc2ccno2)cc(N)c1C. The van der Waals surface area contributed by atoms with E-state index in [0.717, 1.165) is 11.1 Å². The lowest BCUT2D eigenvalue weighted by Crippen LogP contribution is -2.23. The van der Waals surface area contributed by atoms with Gasteiger partial charge in [-0.3, -0.25) is 0 Å². The van der Waals surface area contributed by atoms with Crippen LogP contribution in [0.15, 0.2) is 33.8 Å². The van der Waals surface area contributed by atoms with Crippen LogP contribution in [0, 0.1) is 13.8 Å². The van der Waals surface area contributed by atoms with Crippen LogP contribution in [0.25, 0.3) is 0 Å². The van der Waals surface area contributed by atoms with Crippen LogP contribution < -0.4 is 10.5 Å². The van der Waals surface area contributed by atoms with Crippen LogP contribution >= 0.6 is 0 Å². The highest BCUT2D eigenvalue weighted by molar-refractivity contribution is 7.89. The minimum absolute atomic E-state index is 0.0508. The standard InChI is InChI=1S/C12H15N3O3S/c1-8-5-11(6-12(13)9(8)2)19(16,17)15-7-10-3-4-14-18-10/h3-6,15H,7,13H2,1-2H3. The van der Waals surface area contributed by atoms with Gasteiger partial charge in [0.1, 0.15) is 0 Å². The molecule has 0 unspecified atom stereocenters. The lowest BCUT2D eigenvalue weighted by Gasteiger charge is -2.10. The van der Waals surface area contributed by atoms with E-state index in [1.54, 1.807) is 12.1 Å². The Morgan fingerprint density at radius 2 is 2.11 bits per heavy atom. The van der Waals surface area contributed by atoms with Crippen molar-refractivity contribution in [2.75, 3.05) is 5.73 Å². The predicted molar refractivity (Wildman–Crippen MR) is 70.9 cm³/mol. The van der Waals surface area contributed by atoms with E-state index in [1.807, 2.05) is 13.8 Å². The van der Waals surface area contributed by atoms with Crippen LogP contribution in [-0.2, 0) is 16.6 Å². The van der Waals surface area contributed by atoms with Gasteiger partial charge in [0.2, 0.25) is 10.0 Å². The normalized spacial score (nSPS) is 11.7. The average molecular weight is 281 g/mol. The molecule has 102 valence electrons. The lowest BCUT2D eigenvalue weighted by molar-refractivity contribution is 0.380. The largest absolute Gasteiger partial charge is 0.398 e. The van der Waals surface area contributed by atoms with Gasteiger partial charge in [-0.25, -0.2) is 13.1 Å². The quantitative estimate of drug-likeness (QED) is 0.824. The Hall–Kier alpha value is -1.86. The molecule has 19 heavy (non-hydrogen) atoms. The van der Waals surface area contributed by atoms with Gasteiger partial charge < -0.3 is 10.3 Å². The molecular formula is C12H15N3O3S. The van der Waals surface area contributed by atoms with Crippen molar-refractivity contribution in [3.05, 3.63) is 41.3 Å². The van der Waals surface area contributed by atoms with Crippen molar-refractivity contribution in [3.63, 3.8) is 0 Å². The maximum Gasteiger partial charge on any atom is 0.241 e. The monoisotopic (exact) mass is 281 g/mol. The van der Waals surface area contributed by atoms with Crippen LogP contribution in [0.5, 0.6) is 0 Å². The van der Waals surface area contributed by atoms with Gasteiger partial charge in [-0.1, -0.05) is 5.16 Å². The van der Waals surface area contributed by atoms with Crippen molar-refractivity contribution in [1.29, 1.82) is 0 Å². The number of nitrogens with one attached hydrogen (secondary N) is 1. The molecule has 7 heteroatoms. The van der Waals surface area contributed by atoms with Crippen LogP contribution in [0.3, 0.4) is 0 Å². The smallest absolute Gasteiger partial charge is 0.241 e. The molecule has 0 aliphatic rings. The van der Waals surface area contributed by atoms with Gasteiger partial charge in [0.25, 0.3) is 0 Å². The fourth-order valence-corrected chi connectivity index (χ4v) is 2.70. The minimum Gasteiger partial charge on any atom is -0.398 e. The van der Waals surface area contributed by atoms with E-state index >= 15 is 0 Å². The molecule has 0 amide bonds. The number of aromatic nitrogens is 1. The highest BCUT2D eigenvalue weighted by Gasteiger charge is 2.16. The summed E-state index contributed by atoms with van der Waals surface area (Å²) in [5.74, 6) is 0.445. The molecular weight excluding hydrogens is 266 g/mol. The van der Waals surface area contributed by atoms with Crippen molar-refractivity contribution in [3.8, 4) is 0 Å². The van der Waals surface area contributed by atoms with Crippen LogP contribution in [0.2, 0.25) is 0 Å². The fraction of sp³-hybridized carbons (Fsp3) is 0.250. The number of benzene rings is 1. The summed E-state index contributed by atoms with van der Waals surface area (Å²) in [6, 6.07) is 4.64. The molecule has 0 saturated heterocycles. The summed E-state index contributed by atoms with van der Waals surface area (Å²) in [7, 11) is -3.62. The molecule has 0 aliphatic heterocycles. The van der Waals surface area contributed by atoms with E-state index in [9.17, 15) is 8.42 Å². The third-order valence-corrected chi connectivity index (χ3v) is 4.30. The van der Waals surface area contributed by atoms with Crippen molar-refractivity contribution >= 4 is 15.7 Å². The van der Waals surface area contributed by atoms with Gasteiger partial charge in [0, 0.05) is 11.8 Å². The van der Waals surface area contributed by atoms with Crippen LogP contribution in [0.4, 0.5) is 5.69 Å². The van der Waals surface area contributed by atoms with Gasteiger partial charge >= 0.3 is 0 Å². The maximum absolute atomic E-state index is 12.1. The van der Waals surface area contributed by atoms with E-state index in [0.29, 0.717) is 11.4 Å². The van der Waals surface area contributed by atoms with Gasteiger partial charge in [-0.2, -0.15) is 0 Å². The zero-order valence-electron chi connectivity index (χ0n) is 10.7. The molecule has 0 radical (unpaired) electrons. The second-order valence-corrected chi connectivity index (χ2v) is 6.02.